The molecule has 1 aromatic rings. The Balaban J connectivity index is 3.30. The molecular weight excluding hydrogens is 264 g/mol. The lowest BCUT2D eigenvalue weighted by molar-refractivity contribution is 0.213. The van der Waals surface area contributed by atoms with Crippen LogP contribution < -0.4 is 5.73 Å². The van der Waals surface area contributed by atoms with E-state index in [4.69, 9.17) is 5.73 Å². The Morgan fingerprint density at radius 1 is 1.47 bits per heavy atom. The average Bonchev–Trinajstić information content (AvgIpc) is 2.70. The van der Waals surface area contributed by atoms with Gasteiger partial charge in [0.2, 0.25) is 0 Å². The number of rotatable bonds is 6. The summed E-state index contributed by atoms with van der Waals surface area (Å²) in [4.78, 5) is 4.13. The molecule has 0 radical (unpaired) electrons. The second-order valence-electron chi connectivity index (χ2n) is 4.96. The van der Waals surface area contributed by atoms with Crippen molar-refractivity contribution in [1.29, 1.82) is 0 Å². The van der Waals surface area contributed by atoms with E-state index in [-0.39, 0.29) is 11.6 Å². The summed E-state index contributed by atoms with van der Waals surface area (Å²) < 4.78 is 28.5. The van der Waals surface area contributed by atoms with Crippen molar-refractivity contribution in [2.45, 2.75) is 44.7 Å². The van der Waals surface area contributed by atoms with Gasteiger partial charge in [-0.3, -0.25) is 0 Å². The summed E-state index contributed by atoms with van der Waals surface area (Å²) in [7, 11) is -1.84. The summed E-state index contributed by atoms with van der Waals surface area (Å²) in [6.45, 7) is 8.05. The number of imidazole rings is 1. The molecular formula is C12H24N4O2S. The van der Waals surface area contributed by atoms with Crippen molar-refractivity contribution in [2.24, 2.45) is 12.8 Å². The summed E-state index contributed by atoms with van der Waals surface area (Å²) in [5.74, 6) is 0.667. The fraction of sp³-hybridized carbons (Fsp3) is 0.750. The zero-order valence-corrected chi connectivity index (χ0v) is 13.2. The predicted molar refractivity (Wildman–Crippen MR) is 75.3 cm³/mol. The van der Waals surface area contributed by atoms with Crippen molar-refractivity contribution < 1.29 is 8.42 Å². The molecule has 110 valence electrons. The molecule has 0 aromatic carbocycles. The molecule has 7 heteroatoms. The van der Waals surface area contributed by atoms with Crippen LogP contribution in [0.3, 0.4) is 0 Å². The zero-order chi connectivity index (χ0) is 14.8. The highest BCUT2D eigenvalue weighted by molar-refractivity contribution is 7.89. The lowest BCUT2D eigenvalue weighted by atomic mass is 9.99. The molecule has 0 aliphatic heterocycles. The van der Waals surface area contributed by atoms with Gasteiger partial charge in [0.15, 0.2) is 5.03 Å². The van der Waals surface area contributed by atoms with Crippen LogP contribution in [0.15, 0.2) is 11.2 Å². The summed E-state index contributed by atoms with van der Waals surface area (Å²) in [6.07, 6.45) is 2.20. The molecule has 1 rings (SSSR count). The van der Waals surface area contributed by atoms with Gasteiger partial charge in [-0.15, -0.1) is 0 Å². The van der Waals surface area contributed by atoms with E-state index in [1.165, 1.54) is 4.31 Å². The van der Waals surface area contributed by atoms with Crippen LogP contribution in [0.4, 0.5) is 0 Å². The number of likely N-dealkylation sites (N-methyl/N-ethyl adjacent to an activating group) is 1. The Hall–Kier alpha value is -0.920. The zero-order valence-electron chi connectivity index (χ0n) is 12.3. The monoisotopic (exact) mass is 288 g/mol. The largest absolute Gasteiger partial charge is 0.337 e. The Bertz CT molecular complexity index is 512. The van der Waals surface area contributed by atoms with Crippen LogP contribution in [-0.2, 0) is 17.1 Å². The van der Waals surface area contributed by atoms with E-state index in [9.17, 15) is 8.42 Å². The van der Waals surface area contributed by atoms with Crippen molar-refractivity contribution in [2.75, 3.05) is 13.1 Å². The molecule has 0 saturated heterocycles. The highest BCUT2D eigenvalue weighted by atomic mass is 32.2. The van der Waals surface area contributed by atoms with Gasteiger partial charge in [-0.1, -0.05) is 13.8 Å². The number of aromatic nitrogens is 2. The van der Waals surface area contributed by atoms with Crippen molar-refractivity contribution >= 4 is 10.0 Å². The topological polar surface area (TPSA) is 81.2 Å². The first kappa shape index (κ1) is 16.1. The normalized spacial score (nSPS) is 15.7. The van der Waals surface area contributed by atoms with Crippen molar-refractivity contribution in [3.8, 4) is 0 Å². The first-order chi connectivity index (χ1) is 8.72. The number of sulfonamides is 1. The fourth-order valence-corrected chi connectivity index (χ4v) is 3.92. The average molecular weight is 288 g/mol. The van der Waals surface area contributed by atoms with Gasteiger partial charge in [0, 0.05) is 31.9 Å². The third-order valence-electron chi connectivity index (χ3n) is 3.73. The van der Waals surface area contributed by atoms with Gasteiger partial charge in [0.05, 0.1) is 0 Å². The highest BCUT2D eigenvalue weighted by Crippen LogP contribution is 2.26. The van der Waals surface area contributed by atoms with Gasteiger partial charge in [0.25, 0.3) is 10.0 Å². The second-order valence-corrected chi connectivity index (χ2v) is 6.77. The van der Waals surface area contributed by atoms with Gasteiger partial charge in [-0.05, 0) is 20.3 Å². The number of aryl methyl sites for hydroxylation is 2. The maximum absolute atomic E-state index is 12.7. The summed E-state index contributed by atoms with van der Waals surface area (Å²) in [6, 6.07) is 0. The van der Waals surface area contributed by atoms with Gasteiger partial charge in [-0.25, -0.2) is 13.4 Å². The Morgan fingerprint density at radius 3 is 2.37 bits per heavy atom. The third kappa shape index (κ3) is 2.82. The van der Waals surface area contributed by atoms with Crippen LogP contribution >= 0.6 is 0 Å². The number of nitrogens with zero attached hydrogens (tertiary/aromatic N) is 3. The maximum Gasteiger partial charge on any atom is 0.262 e. The van der Waals surface area contributed by atoms with Crippen LogP contribution in [0.5, 0.6) is 0 Å². The molecule has 0 amide bonds. The van der Waals surface area contributed by atoms with Gasteiger partial charge < -0.3 is 10.3 Å². The van der Waals surface area contributed by atoms with Crippen molar-refractivity contribution in [1.82, 2.24) is 13.9 Å². The first-order valence-electron chi connectivity index (χ1n) is 6.45. The second kappa shape index (κ2) is 5.60. The standard InChI is InChI=1S/C12H24N4O2S/c1-6-12(4,9-13)16(7-2)19(17,18)11-8-15(5)10(3)14-11/h8H,6-7,9,13H2,1-5H3. The molecule has 0 aliphatic carbocycles. The molecule has 1 heterocycles. The fourth-order valence-electron chi connectivity index (χ4n) is 2.03. The minimum atomic E-state index is -3.61. The lowest BCUT2D eigenvalue weighted by Crippen LogP contribution is -2.53. The summed E-state index contributed by atoms with van der Waals surface area (Å²) >= 11 is 0. The van der Waals surface area contributed by atoms with Crippen LogP contribution in [0, 0.1) is 6.92 Å². The third-order valence-corrected chi connectivity index (χ3v) is 5.74. The van der Waals surface area contributed by atoms with Crippen molar-refractivity contribution in [3.63, 3.8) is 0 Å². The van der Waals surface area contributed by atoms with E-state index in [0.29, 0.717) is 18.8 Å². The Labute approximate surface area is 115 Å². The smallest absolute Gasteiger partial charge is 0.262 e. The quantitative estimate of drug-likeness (QED) is 0.842. The Morgan fingerprint density at radius 2 is 2.05 bits per heavy atom. The molecule has 2 N–H and O–H groups in total. The van der Waals surface area contributed by atoms with E-state index in [1.807, 2.05) is 20.8 Å². The molecule has 6 nitrogen and oxygen atoms in total. The van der Waals surface area contributed by atoms with Crippen molar-refractivity contribution in [3.05, 3.63) is 12.0 Å². The van der Waals surface area contributed by atoms with E-state index >= 15 is 0 Å². The van der Waals surface area contributed by atoms with Gasteiger partial charge in [-0.2, -0.15) is 4.31 Å². The lowest BCUT2D eigenvalue weighted by Gasteiger charge is -2.37. The van der Waals surface area contributed by atoms with Crippen LogP contribution in [0.2, 0.25) is 0 Å². The van der Waals surface area contributed by atoms with E-state index in [2.05, 4.69) is 4.98 Å². The molecule has 1 aromatic heterocycles. The molecule has 0 bridgehead atoms. The molecule has 0 spiro atoms. The number of hydrogen-bond acceptors (Lipinski definition) is 4. The van der Waals surface area contributed by atoms with E-state index in [1.54, 1.807) is 24.7 Å². The number of hydrogen-bond donors (Lipinski definition) is 1. The summed E-state index contributed by atoms with van der Waals surface area (Å²) in [5.41, 5.74) is 5.19. The summed E-state index contributed by atoms with van der Waals surface area (Å²) in [5, 5.41) is 0.0856. The van der Waals surface area contributed by atoms with Gasteiger partial charge >= 0.3 is 0 Å². The molecule has 1 unspecified atom stereocenters. The minimum absolute atomic E-state index is 0.0856. The van der Waals surface area contributed by atoms with Crippen LogP contribution in [0.1, 0.15) is 33.0 Å². The van der Waals surface area contributed by atoms with Gasteiger partial charge in [0.1, 0.15) is 5.82 Å². The van der Waals surface area contributed by atoms with Crippen LogP contribution in [0.25, 0.3) is 0 Å². The van der Waals surface area contributed by atoms with E-state index in [0.717, 1.165) is 0 Å². The number of nitrogens with two attached hydrogens (primary N) is 1. The minimum Gasteiger partial charge on any atom is -0.337 e. The molecule has 19 heavy (non-hydrogen) atoms. The molecule has 1 atom stereocenters. The maximum atomic E-state index is 12.7. The molecule has 0 fully saturated rings. The highest BCUT2D eigenvalue weighted by Gasteiger charge is 2.38. The SMILES string of the molecule is CCN(C(C)(CC)CN)S(=O)(=O)c1cn(C)c(C)n1. The van der Waals surface area contributed by atoms with E-state index < -0.39 is 15.6 Å². The molecule has 0 aliphatic rings. The molecule has 0 saturated carbocycles. The Kier molecular flexibility index (Phi) is 4.76. The predicted octanol–water partition coefficient (Wildman–Crippen LogP) is 0.867. The first-order valence-corrected chi connectivity index (χ1v) is 7.89. The van der Waals surface area contributed by atoms with Crippen LogP contribution in [-0.4, -0.2) is 40.9 Å².